The number of sulfonamides is 1. The van der Waals surface area contributed by atoms with Crippen LogP contribution >= 0.6 is 0 Å². The number of fused-ring (bicyclic) bond motifs is 1. The Balaban J connectivity index is 1.41. The Labute approximate surface area is 216 Å². The highest BCUT2D eigenvalue weighted by Crippen LogP contribution is 2.28. The summed E-state index contributed by atoms with van der Waals surface area (Å²) >= 11 is 0. The van der Waals surface area contributed by atoms with Gasteiger partial charge in [0.25, 0.3) is 0 Å². The van der Waals surface area contributed by atoms with Gasteiger partial charge in [0.2, 0.25) is 16.0 Å². The first-order valence-electron chi connectivity index (χ1n) is 11.9. The third kappa shape index (κ3) is 5.21. The molecule has 2 aromatic heterocycles. The van der Waals surface area contributed by atoms with Gasteiger partial charge >= 0.3 is 0 Å². The maximum atomic E-state index is 12.3. The Hall–Kier alpha value is -4.14. The summed E-state index contributed by atoms with van der Waals surface area (Å²) in [7, 11) is -2.09. The summed E-state index contributed by atoms with van der Waals surface area (Å²) < 4.78 is 27.6. The average Bonchev–Trinajstić information content (AvgIpc) is 3.30. The minimum absolute atomic E-state index is 0.295. The van der Waals surface area contributed by atoms with Crippen LogP contribution in [0.1, 0.15) is 11.1 Å². The maximum absolute atomic E-state index is 12.3. The zero-order valence-electron chi connectivity index (χ0n) is 20.7. The van der Waals surface area contributed by atoms with Gasteiger partial charge in [0.1, 0.15) is 11.7 Å². The maximum Gasteiger partial charge on any atom is 0.232 e. The molecule has 4 aromatic rings. The standard InChI is InChI=1S/C26H28N8O2S/c1-32(37(2,35)36)24-19(16-27)4-3-5-21(24)18-34-13-10-20-17-29-26(31-25(20)34)30-22-6-8-23(9-7-22)33-14-11-28-12-15-33/h3-10,13,17,28H,11-12,14-15,18H2,1-2H3,(H,29,30,31). The molecule has 0 bridgehead atoms. The van der Waals surface area contributed by atoms with Crippen molar-refractivity contribution in [3.63, 3.8) is 0 Å². The van der Waals surface area contributed by atoms with Crippen LogP contribution in [0.5, 0.6) is 0 Å². The highest BCUT2D eigenvalue weighted by molar-refractivity contribution is 7.92. The first kappa shape index (κ1) is 24.5. The molecule has 5 rings (SSSR count). The number of benzene rings is 2. The van der Waals surface area contributed by atoms with Crippen LogP contribution in [0.4, 0.5) is 23.0 Å². The van der Waals surface area contributed by atoms with Gasteiger partial charge < -0.3 is 20.1 Å². The van der Waals surface area contributed by atoms with Crippen LogP contribution in [-0.4, -0.2) is 62.4 Å². The lowest BCUT2D eigenvalue weighted by Gasteiger charge is -2.29. The normalized spacial score (nSPS) is 13.9. The van der Waals surface area contributed by atoms with E-state index >= 15 is 0 Å². The van der Waals surface area contributed by atoms with Crippen LogP contribution in [0.15, 0.2) is 60.9 Å². The molecule has 1 aliphatic heterocycles. The molecule has 11 heteroatoms. The van der Waals surface area contributed by atoms with E-state index in [4.69, 9.17) is 4.98 Å². The van der Waals surface area contributed by atoms with Crippen molar-refractivity contribution in [1.29, 1.82) is 5.26 Å². The number of hydrogen-bond donors (Lipinski definition) is 2. The van der Waals surface area contributed by atoms with Crippen molar-refractivity contribution >= 4 is 44.1 Å². The lowest BCUT2D eigenvalue weighted by atomic mass is 10.1. The molecule has 0 spiro atoms. The van der Waals surface area contributed by atoms with Gasteiger partial charge in [0.15, 0.2) is 0 Å². The molecule has 0 saturated carbocycles. The molecule has 0 atom stereocenters. The van der Waals surface area contributed by atoms with E-state index in [0.29, 0.717) is 35.0 Å². The second-order valence-corrected chi connectivity index (χ2v) is 11.0. The largest absolute Gasteiger partial charge is 0.369 e. The fourth-order valence-corrected chi connectivity index (χ4v) is 5.04. The molecule has 0 radical (unpaired) electrons. The van der Waals surface area contributed by atoms with Crippen LogP contribution in [0.2, 0.25) is 0 Å². The molecule has 37 heavy (non-hydrogen) atoms. The van der Waals surface area contributed by atoms with E-state index < -0.39 is 10.0 Å². The van der Waals surface area contributed by atoms with Crippen molar-refractivity contribution in [2.75, 3.05) is 54.0 Å². The van der Waals surface area contributed by atoms with Gasteiger partial charge in [0, 0.05) is 62.4 Å². The Kier molecular flexibility index (Phi) is 6.69. The minimum Gasteiger partial charge on any atom is -0.369 e. The Morgan fingerprint density at radius 2 is 1.89 bits per heavy atom. The molecular weight excluding hydrogens is 488 g/mol. The number of aromatic nitrogens is 3. The molecule has 1 saturated heterocycles. The van der Waals surface area contributed by atoms with Crippen LogP contribution in [0.3, 0.4) is 0 Å². The molecule has 0 amide bonds. The molecule has 2 N–H and O–H groups in total. The van der Waals surface area contributed by atoms with Crippen molar-refractivity contribution < 1.29 is 8.42 Å². The predicted molar refractivity (Wildman–Crippen MR) is 146 cm³/mol. The van der Waals surface area contributed by atoms with Crippen molar-refractivity contribution in [2.24, 2.45) is 0 Å². The second-order valence-electron chi connectivity index (χ2n) is 8.98. The van der Waals surface area contributed by atoms with Crippen molar-refractivity contribution in [2.45, 2.75) is 6.54 Å². The average molecular weight is 517 g/mol. The number of hydrogen-bond acceptors (Lipinski definition) is 8. The molecule has 2 aromatic carbocycles. The highest BCUT2D eigenvalue weighted by atomic mass is 32.2. The SMILES string of the molecule is CN(c1c(C#N)cccc1Cn1ccc2cnc(Nc3ccc(N4CCNCC4)cc3)nc21)S(C)(=O)=O. The van der Waals surface area contributed by atoms with E-state index in [2.05, 4.69) is 38.7 Å². The third-order valence-electron chi connectivity index (χ3n) is 6.50. The zero-order chi connectivity index (χ0) is 26.0. The van der Waals surface area contributed by atoms with Crippen LogP contribution in [0.25, 0.3) is 11.0 Å². The summed E-state index contributed by atoms with van der Waals surface area (Å²) in [5.74, 6) is 0.460. The molecular formula is C26H28N8O2S. The molecule has 10 nitrogen and oxygen atoms in total. The fourth-order valence-electron chi connectivity index (χ4n) is 4.50. The topological polar surface area (TPSA) is 119 Å². The summed E-state index contributed by atoms with van der Waals surface area (Å²) in [5.41, 5.74) is 4.13. The van der Waals surface area contributed by atoms with Gasteiger partial charge in [-0.2, -0.15) is 10.2 Å². The third-order valence-corrected chi connectivity index (χ3v) is 7.68. The summed E-state index contributed by atoms with van der Waals surface area (Å²) in [6, 6.07) is 17.4. The van der Waals surface area contributed by atoms with E-state index in [-0.39, 0.29) is 0 Å². The summed E-state index contributed by atoms with van der Waals surface area (Å²) in [6.07, 6.45) is 4.76. The number of nitrogens with zero attached hydrogens (tertiary/aromatic N) is 6. The highest BCUT2D eigenvalue weighted by Gasteiger charge is 2.20. The van der Waals surface area contributed by atoms with Gasteiger partial charge in [-0.15, -0.1) is 0 Å². The molecule has 0 aliphatic carbocycles. The van der Waals surface area contributed by atoms with Gasteiger partial charge in [-0.3, -0.25) is 4.31 Å². The van der Waals surface area contributed by atoms with Crippen LogP contribution in [-0.2, 0) is 16.6 Å². The monoisotopic (exact) mass is 516 g/mol. The first-order valence-corrected chi connectivity index (χ1v) is 13.8. The zero-order valence-corrected chi connectivity index (χ0v) is 21.5. The number of nitrogens with one attached hydrogen (secondary N) is 2. The predicted octanol–water partition coefficient (Wildman–Crippen LogP) is 2.90. The Morgan fingerprint density at radius 1 is 1.14 bits per heavy atom. The molecule has 3 heterocycles. The lowest BCUT2D eigenvalue weighted by Crippen LogP contribution is -2.43. The van der Waals surface area contributed by atoms with Crippen LogP contribution < -0.4 is 19.8 Å². The minimum atomic E-state index is -3.55. The van der Waals surface area contributed by atoms with E-state index in [1.165, 1.54) is 12.7 Å². The number of piperazine rings is 1. The summed E-state index contributed by atoms with van der Waals surface area (Å²) in [4.78, 5) is 11.5. The fraction of sp³-hybridized carbons (Fsp3) is 0.269. The number of rotatable bonds is 7. The Morgan fingerprint density at radius 3 is 2.59 bits per heavy atom. The van der Waals surface area contributed by atoms with E-state index in [1.807, 2.05) is 35.0 Å². The second kappa shape index (κ2) is 10.1. The Bertz CT molecular complexity index is 1570. The van der Waals surface area contributed by atoms with Crippen LogP contribution in [0, 0.1) is 11.3 Å². The summed E-state index contributed by atoms with van der Waals surface area (Å²) in [5, 5.41) is 17.1. The van der Waals surface area contributed by atoms with Crippen molar-refractivity contribution in [1.82, 2.24) is 19.9 Å². The van der Waals surface area contributed by atoms with Gasteiger partial charge in [0.05, 0.1) is 24.1 Å². The molecule has 0 unspecified atom stereocenters. The van der Waals surface area contributed by atoms with E-state index in [9.17, 15) is 13.7 Å². The van der Waals surface area contributed by atoms with Crippen molar-refractivity contribution in [3.8, 4) is 6.07 Å². The van der Waals surface area contributed by atoms with Gasteiger partial charge in [-0.25, -0.2) is 13.4 Å². The summed E-state index contributed by atoms with van der Waals surface area (Å²) in [6.45, 7) is 4.29. The van der Waals surface area contributed by atoms with E-state index in [1.54, 1.807) is 18.3 Å². The number of para-hydroxylation sites is 1. The lowest BCUT2D eigenvalue weighted by molar-refractivity contribution is 0.589. The van der Waals surface area contributed by atoms with E-state index in [0.717, 1.165) is 47.8 Å². The first-order chi connectivity index (χ1) is 17.8. The molecule has 1 aliphatic rings. The van der Waals surface area contributed by atoms with Gasteiger partial charge in [-0.05, 0) is 42.0 Å². The smallest absolute Gasteiger partial charge is 0.232 e. The molecule has 190 valence electrons. The van der Waals surface area contributed by atoms with Gasteiger partial charge in [-0.1, -0.05) is 12.1 Å². The number of anilines is 4. The molecule has 1 fully saturated rings. The number of nitriles is 1. The van der Waals surface area contributed by atoms with Crippen molar-refractivity contribution in [3.05, 3.63) is 72.1 Å². The quantitative estimate of drug-likeness (QED) is 0.385.